The highest BCUT2D eigenvalue weighted by Crippen LogP contribution is 2.31. The fraction of sp³-hybridized carbons (Fsp3) is 0.516. The van der Waals surface area contributed by atoms with E-state index in [0.717, 1.165) is 56.0 Å². The molecule has 1 aliphatic carbocycles. The molecule has 0 radical (unpaired) electrons. The summed E-state index contributed by atoms with van der Waals surface area (Å²) in [5.74, 6) is 0. The summed E-state index contributed by atoms with van der Waals surface area (Å²) in [5, 5.41) is 13.0. The third kappa shape index (κ3) is 9.74. The maximum Gasteiger partial charge on any atom is 0.0946 e. The van der Waals surface area contributed by atoms with E-state index >= 15 is 0 Å². The highest BCUT2D eigenvalue weighted by atomic mass is 17.1. The largest absolute Gasteiger partial charge is 0.308 e. The van der Waals surface area contributed by atoms with E-state index in [1.165, 1.54) is 0 Å². The third-order valence-corrected chi connectivity index (χ3v) is 7.32. The summed E-state index contributed by atoms with van der Waals surface area (Å²) >= 11 is 0. The molecule has 0 spiro atoms. The van der Waals surface area contributed by atoms with Crippen LogP contribution in [-0.4, -0.2) is 67.8 Å². The molecule has 8 nitrogen and oxygen atoms in total. The summed E-state index contributed by atoms with van der Waals surface area (Å²) < 4.78 is 0. The molecule has 3 atom stereocenters. The van der Waals surface area contributed by atoms with Gasteiger partial charge in [0.05, 0.1) is 23.7 Å². The Bertz CT molecular complexity index is 1080. The maximum absolute atomic E-state index is 9.20. The van der Waals surface area contributed by atoms with Crippen LogP contribution in [0.25, 0.3) is 0 Å². The van der Waals surface area contributed by atoms with Gasteiger partial charge in [-0.25, -0.2) is 4.89 Å². The van der Waals surface area contributed by atoms with E-state index in [1.807, 2.05) is 48.9 Å². The minimum atomic E-state index is 0.150. The topological polar surface area (TPSA) is 86.6 Å². The molecule has 0 bridgehead atoms. The Labute approximate surface area is 233 Å². The van der Waals surface area contributed by atoms with E-state index in [0.29, 0.717) is 31.2 Å². The molecule has 8 heteroatoms. The summed E-state index contributed by atoms with van der Waals surface area (Å²) in [6.07, 6.45) is 8.67. The molecule has 0 aromatic carbocycles. The van der Waals surface area contributed by atoms with Gasteiger partial charge in [-0.05, 0) is 61.1 Å². The first-order valence-electron chi connectivity index (χ1n) is 14.1. The maximum atomic E-state index is 9.20. The molecular formula is C31H44N6O2. The van der Waals surface area contributed by atoms with Crippen molar-refractivity contribution in [2.24, 2.45) is 5.41 Å². The van der Waals surface area contributed by atoms with Crippen LogP contribution in [-0.2, 0) is 24.5 Å². The Morgan fingerprint density at radius 1 is 0.795 bits per heavy atom. The number of pyridine rings is 3. The van der Waals surface area contributed by atoms with Crippen molar-refractivity contribution < 1.29 is 10.1 Å². The number of hydrogen-bond acceptors (Lipinski definition) is 8. The van der Waals surface area contributed by atoms with Gasteiger partial charge in [0.25, 0.3) is 0 Å². The SMILES string of the molecule is CC(C)(C)CN(Cc1ccccn1)C1CC(NCc2ccccn2)CC(N(CCOO)Cc2ccccn2)C1. The second-order valence-electron chi connectivity index (χ2n) is 11.8. The first kappa shape index (κ1) is 29.2. The van der Waals surface area contributed by atoms with Crippen molar-refractivity contribution in [1.82, 2.24) is 30.1 Å². The van der Waals surface area contributed by atoms with Crippen LogP contribution in [0.4, 0.5) is 0 Å². The summed E-state index contributed by atoms with van der Waals surface area (Å²) in [7, 11) is 0. The lowest BCUT2D eigenvalue weighted by Gasteiger charge is -2.46. The van der Waals surface area contributed by atoms with E-state index in [1.54, 1.807) is 0 Å². The molecule has 3 heterocycles. The minimum absolute atomic E-state index is 0.150. The Hall–Kier alpha value is -2.75. The van der Waals surface area contributed by atoms with Gasteiger partial charge in [0.1, 0.15) is 0 Å². The molecule has 210 valence electrons. The standard InChI is InChI=1S/C31H44N6O2/c1-31(2,3)24-37(23-27-12-6-9-15-34-27)30-19-28(35-21-25-10-4-7-13-32-25)18-29(20-30)36(16-17-39-38)22-26-11-5-8-14-33-26/h4-15,28-30,35,38H,16-24H2,1-3H3. The van der Waals surface area contributed by atoms with Crippen LogP contribution in [0.15, 0.2) is 73.2 Å². The van der Waals surface area contributed by atoms with E-state index in [2.05, 4.69) is 80.0 Å². The normalized spacial score (nSPS) is 20.0. The zero-order valence-electron chi connectivity index (χ0n) is 23.6. The fourth-order valence-electron chi connectivity index (χ4n) is 5.65. The molecule has 0 aliphatic heterocycles. The molecule has 3 aromatic heterocycles. The molecule has 1 fully saturated rings. The summed E-state index contributed by atoms with van der Waals surface area (Å²) in [4.78, 5) is 23.4. The van der Waals surface area contributed by atoms with Crippen molar-refractivity contribution in [3.8, 4) is 0 Å². The van der Waals surface area contributed by atoms with Gasteiger partial charge in [0, 0.05) is 69.4 Å². The van der Waals surface area contributed by atoms with Crippen molar-refractivity contribution in [2.45, 2.75) is 77.8 Å². The van der Waals surface area contributed by atoms with E-state index < -0.39 is 0 Å². The van der Waals surface area contributed by atoms with Gasteiger partial charge < -0.3 is 5.32 Å². The average Bonchev–Trinajstić information content (AvgIpc) is 2.94. The molecule has 0 amide bonds. The van der Waals surface area contributed by atoms with Crippen LogP contribution in [0.3, 0.4) is 0 Å². The Morgan fingerprint density at radius 3 is 1.85 bits per heavy atom. The van der Waals surface area contributed by atoms with Crippen molar-refractivity contribution in [2.75, 3.05) is 19.7 Å². The van der Waals surface area contributed by atoms with Gasteiger partial charge in [-0.3, -0.25) is 30.0 Å². The molecule has 1 aliphatic rings. The van der Waals surface area contributed by atoms with Crippen LogP contribution in [0.2, 0.25) is 0 Å². The molecule has 4 rings (SSSR count). The number of nitrogens with zero attached hydrogens (tertiary/aromatic N) is 5. The first-order chi connectivity index (χ1) is 18.9. The summed E-state index contributed by atoms with van der Waals surface area (Å²) in [6, 6.07) is 19.3. The lowest BCUT2D eigenvalue weighted by molar-refractivity contribution is -0.245. The van der Waals surface area contributed by atoms with Crippen LogP contribution >= 0.6 is 0 Å². The van der Waals surface area contributed by atoms with E-state index in [4.69, 9.17) is 0 Å². The highest BCUT2D eigenvalue weighted by Gasteiger charge is 2.36. The quantitative estimate of drug-likeness (QED) is 0.240. The van der Waals surface area contributed by atoms with Crippen LogP contribution < -0.4 is 5.32 Å². The Balaban J connectivity index is 1.58. The molecular weight excluding hydrogens is 488 g/mol. The predicted octanol–water partition coefficient (Wildman–Crippen LogP) is 4.79. The van der Waals surface area contributed by atoms with Gasteiger partial charge >= 0.3 is 0 Å². The van der Waals surface area contributed by atoms with Crippen molar-refractivity contribution >= 4 is 0 Å². The van der Waals surface area contributed by atoms with Crippen LogP contribution in [0.5, 0.6) is 0 Å². The molecule has 3 aromatic rings. The first-order valence-corrected chi connectivity index (χ1v) is 14.1. The van der Waals surface area contributed by atoms with E-state index in [-0.39, 0.29) is 12.0 Å². The van der Waals surface area contributed by atoms with Gasteiger partial charge in [-0.2, -0.15) is 0 Å². The third-order valence-electron chi connectivity index (χ3n) is 7.32. The Morgan fingerprint density at radius 2 is 1.33 bits per heavy atom. The zero-order valence-corrected chi connectivity index (χ0v) is 23.6. The highest BCUT2D eigenvalue weighted by molar-refractivity contribution is 5.07. The number of hydrogen-bond donors (Lipinski definition) is 2. The fourth-order valence-corrected chi connectivity index (χ4v) is 5.65. The molecule has 2 N–H and O–H groups in total. The van der Waals surface area contributed by atoms with Gasteiger partial charge in [0.15, 0.2) is 0 Å². The van der Waals surface area contributed by atoms with Gasteiger partial charge in [-0.1, -0.05) is 39.0 Å². The summed E-state index contributed by atoms with van der Waals surface area (Å²) in [5.41, 5.74) is 3.32. The Kier molecular flexibility index (Phi) is 10.9. The van der Waals surface area contributed by atoms with Crippen molar-refractivity contribution in [3.05, 3.63) is 90.3 Å². The number of aromatic nitrogens is 3. The van der Waals surface area contributed by atoms with Gasteiger partial charge in [0.2, 0.25) is 0 Å². The number of rotatable bonds is 13. The summed E-state index contributed by atoms with van der Waals surface area (Å²) in [6.45, 7) is 11.1. The molecule has 0 saturated heterocycles. The van der Waals surface area contributed by atoms with Gasteiger partial charge in [-0.15, -0.1) is 0 Å². The van der Waals surface area contributed by atoms with Crippen LogP contribution in [0, 0.1) is 5.41 Å². The molecule has 39 heavy (non-hydrogen) atoms. The van der Waals surface area contributed by atoms with Crippen molar-refractivity contribution in [1.29, 1.82) is 0 Å². The van der Waals surface area contributed by atoms with Crippen LogP contribution in [0.1, 0.15) is 57.1 Å². The lowest BCUT2D eigenvalue weighted by atomic mass is 9.83. The smallest absolute Gasteiger partial charge is 0.0946 e. The molecule has 1 saturated carbocycles. The lowest BCUT2D eigenvalue weighted by Crippen LogP contribution is -2.54. The second kappa shape index (κ2) is 14.6. The number of nitrogens with one attached hydrogen (secondary N) is 1. The zero-order chi connectivity index (χ0) is 27.5. The monoisotopic (exact) mass is 532 g/mol. The predicted molar refractivity (Wildman–Crippen MR) is 154 cm³/mol. The molecule has 3 unspecified atom stereocenters. The minimum Gasteiger partial charge on any atom is -0.308 e. The second-order valence-corrected chi connectivity index (χ2v) is 11.8. The van der Waals surface area contributed by atoms with E-state index in [9.17, 15) is 5.26 Å². The average molecular weight is 533 g/mol. The van der Waals surface area contributed by atoms with Crippen molar-refractivity contribution in [3.63, 3.8) is 0 Å².